The summed E-state index contributed by atoms with van der Waals surface area (Å²) >= 11 is 3.29. The van der Waals surface area contributed by atoms with Crippen molar-refractivity contribution in [2.24, 2.45) is 7.05 Å². The molecule has 0 N–H and O–H groups in total. The smallest absolute Gasteiger partial charge is 0.106 e. The summed E-state index contributed by atoms with van der Waals surface area (Å²) in [5.74, 6) is 0. The Labute approximate surface area is 84.5 Å². The van der Waals surface area contributed by atoms with E-state index in [-0.39, 0.29) is 0 Å². The van der Waals surface area contributed by atoms with Gasteiger partial charge in [-0.05, 0) is 22.0 Å². The summed E-state index contributed by atoms with van der Waals surface area (Å²) in [6, 6.07) is 3.93. The second kappa shape index (κ2) is 3.30. The van der Waals surface area contributed by atoms with Crippen molar-refractivity contribution >= 4 is 15.9 Å². The van der Waals surface area contributed by atoms with Gasteiger partial charge in [0.15, 0.2) is 0 Å². The molecule has 13 heavy (non-hydrogen) atoms. The largest absolute Gasteiger partial charge is 0.275 e. The number of aromatic nitrogens is 3. The van der Waals surface area contributed by atoms with Crippen LogP contribution in [0.2, 0.25) is 0 Å². The lowest BCUT2D eigenvalue weighted by atomic mass is 10.2. The van der Waals surface area contributed by atoms with E-state index >= 15 is 0 Å². The van der Waals surface area contributed by atoms with Crippen LogP contribution in [0.4, 0.5) is 0 Å². The fraction of sp³-hybridized carbons (Fsp3) is 0.111. The van der Waals surface area contributed by atoms with Crippen LogP contribution in [-0.2, 0) is 7.05 Å². The Kier molecular flexibility index (Phi) is 2.14. The predicted octanol–water partition coefficient (Wildman–Crippen LogP) is 2.24. The fourth-order valence-corrected chi connectivity index (χ4v) is 1.35. The Morgan fingerprint density at radius 3 is 2.62 bits per heavy atom. The normalized spacial score (nSPS) is 10.3. The Morgan fingerprint density at radius 2 is 2.08 bits per heavy atom. The predicted molar refractivity (Wildman–Crippen MR) is 54.1 cm³/mol. The van der Waals surface area contributed by atoms with Crippen LogP contribution >= 0.6 is 15.9 Å². The summed E-state index contributed by atoms with van der Waals surface area (Å²) in [6.07, 6.45) is 5.61. The van der Waals surface area contributed by atoms with Crippen molar-refractivity contribution < 1.29 is 0 Å². The molecule has 3 nitrogen and oxygen atoms in total. The summed E-state index contributed by atoms with van der Waals surface area (Å²) in [4.78, 5) is 4.14. The molecular formula is C9H8BrN3. The van der Waals surface area contributed by atoms with Gasteiger partial charge in [-0.3, -0.25) is 4.68 Å². The van der Waals surface area contributed by atoms with Crippen molar-refractivity contribution in [1.82, 2.24) is 14.8 Å². The number of halogens is 1. The highest BCUT2D eigenvalue weighted by Gasteiger charge is 1.99. The molecule has 0 aliphatic heterocycles. The molecule has 2 heterocycles. The van der Waals surface area contributed by atoms with Crippen LogP contribution in [0.5, 0.6) is 0 Å². The first-order valence-electron chi connectivity index (χ1n) is 3.86. The van der Waals surface area contributed by atoms with Crippen molar-refractivity contribution in [3.8, 4) is 11.1 Å². The molecule has 2 aromatic heterocycles. The van der Waals surface area contributed by atoms with E-state index < -0.39 is 0 Å². The molecule has 0 saturated carbocycles. The van der Waals surface area contributed by atoms with E-state index in [1.165, 1.54) is 0 Å². The molecule has 2 aromatic rings. The minimum Gasteiger partial charge on any atom is -0.275 e. The van der Waals surface area contributed by atoms with Gasteiger partial charge < -0.3 is 0 Å². The number of nitrogens with zero attached hydrogens (tertiary/aromatic N) is 3. The van der Waals surface area contributed by atoms with E-state index in [0.717, 1.165) is 15.7 Å². The summed E-state index contributed by atoms with van der Waals surface area (Å²) in [7, 11) is 1.90. The van der Waals surface area contributed by atoms with Gasteiger partial charge in [0.1, 0.15) is 4.60 Å². The molecule has 0 saturated heterocycles. The quantitative estimate of drug-likeness (QED) is 0.713. The molecule has 0 unspecified atom stereocenters. The molecule has 0 aliphatic rings. The minimum atomic E-state index is 0.847. The molecule has 0 bridgehead atoms. The summed E-state index contributed by atoms with van der Waals surface area (Å²) in [5.41, 5.74) is 2.17. The van der Waals surface area contributed by atoms with Crippen LogP contribution in [0.1, 0.15) is 0 Å². The van der Waals surface area contributed by atoms with Crippen molar-refractivity contribution in [3.05, 3.63) is 35.3 Å². The zero-order valence-corrected chi connectivity index (χ0v) is 8.69. The van der Waals surface area contributed by atoms with Crippen molar-refractivity contribution in [3.63, 3.8) is 0 Å². The van der Waals surface area contributed by atoms with Gasteiger partial charge in [-0.2, -0.15) is 5.10 Å². The van der Waals surface area contributed by atoms with Gasteiger partial charge in [0.2, 0.25) is 0 Å². The maximum Gasteiger partial charge on any atom is 0.106 e. The first-order chi connectivity index (χ1) is 6.25. The average molecular weight is 238 g/mol. The van der Waals surface area contributed by atoms with Gasteiger partial charge in [0.05, 0.1) is 6.20 Å². The Morgan fingerprint density at radius 1 is 1.23 bits per heavy atom. The van der Waals surface area contributed by atoms with E-state index in [9.17, 15) is 0 Å². The van der Waals surface area contributed by atoms with Gasteiger partial charge in [-0.15, -0.1) is 0 Å². The SMILES string of the molecule is Cn1cc(-c2ccc(Br)nc2)cn1. The molecular weight excluding hydrogens is 230 g/mol. The first-order valence-corrected chi connectivity index (χ1v) is 4.65. The maximum absolute atomic E-state index is 4.14. The lowest BCUT2D eigenvalue weighted by molar-refractivity contribution is 0.768. The highest BCUT2D eigenvalue weighted by atomic mass is 79.9. The highest BCUT2D eigenvalue weighted by molar-refractivity contribution is 9.10. The molecule has 0 amide bonds. The van der Waals surface area contributed by atoms with Crippen LogP contribution in [-0.4, -0.2) is 14.8 Å². The Hall–Kier alpha value is -1.16. The molecule has 0 atom stereocenters. The summed E-state index contributed by atoms with van der Waals surface area (Å²) < 4.78 is 2.62. The number of hydrogen-bond acceptors (Lipinski definition) is 2. The molecule has 4 heteroatoms. The first kappa shape index (κ1) is 8.44. The van der Waals surface area contributed by atoms with Crippen molar-refractivity contribution in [1.29, 1.82) is 0 Å². The number of rotatable bonds is 1. The molecule has 0 aliphatic carbocycles. The Balaban J connectivity index is 2.41. The van der Waals surface area contributed by atoms with Crippen LogP contribution < -0.4 is 0 Å². The highest BCUT2D eigenvalue weighted by Crippen LogP contribution is 2.18. The van der Waals surface area contributed by atoms with Gasteiger partial charge in [0.25, 0.3) is 0 Å². The summed E-state index contributed by atoms with van der Waals surface area (Å²) in [6.45, 7) is 0. The molecule has 0 spiro atoms. The van der Waals surface area contributed by atoms with Crippen LogP contribution in [0, 0.1) is 0 Å². The Bertz CT molecular complexity index is 405. The van der Waals surface area contributed by atoms with Gasteiger partial charge in [-0.25, -0.2) is 4.98 Å². The van der Waals surface area contributed by atoms with Crippen molar-refractivity contribution in [2.75, 3.05) is 0 Å². The fourth-order valence-electron chi connectivity index (χ4n) is 1.12. The number of hydrogen-bond donors (Lipinski definition) is 0. The summed E-state index contributed by atoms with van der Waals surface area (Å²) in [5, 5.41) is 4.09. The third kappa shape index (κ3) is 1.78. The van der Waals surface area contributed by atoms with E-state index in [2.05, 4.69) is 26.0 Å². The third-order valence-electron chi connectivity index (χ3n) is 1.77. The maximum atomic E-state index is 4.14. The standard InChI is InChI=1S/C9H8BrN3/c1-13-6-8(5-12-13)7-2-3-9(10)11-4-7/h2-6H,1H3. The molecule has 2 rings (SSSR count). The number of aryl methyl sites for hydroxylation is 1. The monoisotopic (exact) mass is 237 g/mol. The van der Waals surface area contributed by atoms with E-state index in [1.54, 1.807) is 4.68 Å². The van der Waals surface area contributed by atoms with E-state index in [4.69, 9.17) is 0 Å². The molecule has 0 aromatic carbocycles. The van der Waals surface area contributed by atoms with E-state index in [1.807, 2.05) is 37.8 Å². The van der Waals surface area contributed by atoms with Gasteiger partial charge in [-0.1, -0.05) is 6.07 Å². The minimum absolute atomic E-state index is 0.847. The third-order valence-corrected chi connectivity index (χ3v) is 2.23. The number of pyridine rings is 1. The van der Waals surface area contributed by atoms with E-state index in [0.29, 0.717) is 0 Å². The molecule has 0 radical (unpaired) electrons. The topological polar surface area (TPSA) is 30.7 Å². The lowest BCUT2D eigenvalue weighted by Gasteiger charge is -1.95. The average Bonchev–Trinajstić information content (AvgIpc) is 2.53. The lowest BCUT2D eigenvalue weighted by Crippen LogP contribution is -1.84. The molecule has 66 valence electrons. The van der Waals surface area contributed by atoms with Crippen molar-refractivity contribution in [2.45, 2.75) is 0 Å². The van der Waals surface area contributed by atoms with Crippen LogP contribution in [0.25, 0.3) is 11.1 Å². The van der Waals surface area contributed by atoms with Crippen LogP contribution in [0.3, 0.4) is 0 Å². The second-order valence-corrected chi connectivity index (χ2v) is 3.58. The molecule has 0 fully saturated rings. The van der Waals surface area contributed by atoms with Crippen LogP contribution in [0.15, 0.2) is 35.3 Å². The van der Waals surface area contributed by atoms with Gasteiger partial charge >= 0.3 is 0 Å². The van der Waals surface area contributed by atoms with Gasteiger partial charge in [0, 0.05) is 30.6 Å². The zero-order chi connectivity index (χ0) is 9.26. The zero-order valence-electron chi connectivity index (χ0n) is 7.11. The second-order valence-electron chi connectivity index (χ2n) is 2.77.